The van der Waals surface area contributed by atoms with Crippen LogP contribution in [0.3, 0.4) is 0 Å². The van der Waals surface area contributed by atoms with Gasteiger partial charge in [0.2, 0.25) is 0 Å². The van der Waals surface area contributed by atoms with Crippen LogP contribution < -0.4 is 10.6 Å². The molecule has 0 fully saturated rings. The summed E-state index contributed by atoms with van der Waals surface area (Å²) < 4.78 is 4.63. The molecule has 31 heavy (non-hydrogen) atoms. The SMILES string of the molecule is COC(=O)c1ccc(C(=O)NCCCNC(=O)c2ccc(-c3ccccc3)cc2)cc1. The van der Waals surface area contributed by atoms with E-state index in [0.717, 1.165) is 11.1 Å². The van der Waals surface area contributed by atoms with Gasteiger partial charge in [-0.3, -0.25) is 9.59 Å². The third-order valence-electron chi connectivity index (χ3n) is 4.75. The van der Waals surface area contributed by atoms with Crippen LogP contribution in [-0.4, -0.2) is 38.0 Å². The zero-order chi connectivity index (χ0) is 22.1. The molecule has 0 radical (unpaired) electrons. The maximum Gasteiger partial charge on any atom is 0.337 e. The Bertz CT molecular complexity index is 1030. The molecule has 6 nitrogen and oxygen atoms in total. The normalized spacial score (nSPS) is 10.2. The molecule has 0 aromatic heterocycles. The molecule has 2 N–H and O–H groups in total. The van der Waals surface area contributed by atoms with Crippen LogP contribution in [-0.2, 0) is 4.74 Å². The van der Waals surface area contributed by atoms with E-state index in [4.69, 9.17) is 0 Å². The van der Waals surface area contributed by atoms with E-state index in [1.807, 2.05) is 42.5 Å². The predicted molar refractivity (Wildman–Crippen MR) is 119 cm³/mol. The van der Waals surface area contributed by atoms with Gasteiger partial charge in [0.05, 0.1) is 12.7 Å². The van der Waals surface area contributed by atoms with Crippen molar-refractivity contribution in [1.82, 2.24) is 10.6 Å². The second kappa shape index (κ2) is 10.7. The van der Waals surface area contributed by atoms with Gasteiger partial charge in [0.25, 0.3) is 11.8 Å². The van der Waals surface area contributed by atoms with E-state index in [0.29, 0.717) is 36.2 Å². The third kappa shape index (κ3) is 6.02. The number of benzene rings is 3. The fourth-order valence-electron chi connectivity index (χ4n) is 3.02. The van der Waals surface area contributed by atoms with Gasteiger partial charge in [0.1, 0.15) is 0 Å². The van der Waals surface area contributed by atoms with Gasteiger partial charge in [0, 0.05) is 24.2 Å². The molecule has 0 spiro atoms. The molecule has 0 saturated carbocycles. The number of carbonyl (C=O) groups excluding carboxylic acids is 3. The molecule has 0 aliphatic rings. The first-order chi connectivity index (χ1) is 15.1. The lowest BCUT2D eigenvalue weighted by molar-refractivity contribution is 0.0600. The topological polar surface area (TPSA) is 84.5 Å². The average molecular weight is 416 g/mol. The molecule has 0 bridgehead atoms. The summed E-state index contributed by atoms with van der Waals surface area (Å²) in [6, 6.07) is 23.7. The van der Waals surface area contributed by atoms with Crippen molar-refractivity contribution >= 4 is 17.8 Å². The van der Waals surface area contributed by atoms with Crippen molar-refractivity contribution in [3.05, 3.63) is 95.6 Å². The van der Waals surface area contributed by atoms with Crippen molar-refractivity contribution in [2.45, 2.75) is 6.42 Å². The van der Waals surface area contributed by atoms with Crippen molar-refractivity contribution < 1.29 is 19.1 Å². The Morgan fingerprint density at radius 2 is 1.10 bits per heavy atom. The van der Waals surface area contributed by atoms with Crippen molar-refractivity contribution in [1.29, 1.82) is 0 Å². The van der Waals surface area contributed by atoms with E-state index >= 15 is 0 Å². The van der Waals surface area contributed by atoms with Gasteiger partial charge in [-0.1, -0.05) is 42.5 Å². The largest absolute Gasteiger partial charge is 0.465 e. The van der Waals surface area contributed by atoms with E-state index < -0.39 is 5.97 Å². The standard InChI is InChI=1S/C25H24N2O4/c1-31-25(30)22-14-12-21(13-15-22)24(29)27-17-5-16-26-23(28)20-10-8-19(9-11-20)18-6-3-2-4-7-18/h2-4,6-15H,5,16-17H2,1H3,(H,26,28)(H,27,29). The monoisotopic (exact) mass is 416 g/mol. The smallest absolute Gasteiger partial charge is 0.337 e. The summed E-state index contributed by atoms with van der Waals surface area (Å²) in [5.74, 6) is -0.832. The van der Waals surface area contributed by atoms with Crippen molar-refractivity contribution in [2.75, 3.05) is 20.2 Å². The van der Waals surface area contributed by atoms with Crippen LogP contribution in [0.5, 0.6) is 0 Å². The molecule has 6 heteroatoms. The fourth-order valence-corrected chi connectivity index (χ4v) is 3.02. The molecule has 0 aliphatic heterocycles. The second-order valence-electron chi connectivity index (χ2n) is 6.88. The van der Waals surface area contributed by atoms with Crippen LogP contribution in [0.25, 0.3) is 11.1 Å². The molecule has 3 aromatic carbocycles. The Morgan fingerprint density at radius 3 is 1.61 bits per heavy atom. The van der Waals surface area contributed by atoms with E-state index in [9.17, 15) is 14.4 Å². The Labute approximate surface area is 181 Å². The lowest BCUT2D eigenvalue weighted by atomic mass is 10.0. The molecule has 158 valence electrons. The Kier molecular flexibility index (Phi) is 7.54. The molecule has 0 atom stereocenters. The number of methoxy groups -OCH3 is 1. The number of amides is 2. The lowest BCUT2D eigenvalue weighted by Gasteiger charge is -2.08. The zero-order valence-corrected chi connectivity index (χ0v) is 17.3. The van der Waals surface area contributed by atoms with E-state index in [1.165, 1.54) is 7.11 Å². The highest BCUT2D eigenvalue weighted by molar-refractivity contribution is 5.96. The Balaban J connectivity index is 1.40. The van der Waals surface area contributed by atoms with Gasteiger partial charge in [0.15, 0.2) is 0 Å². The van der Waals surface area contributed by atoms with E-state index in [2.05, 4.69) is 15.4 Å². The highest BCUT2D eigenvalue weighted by atomic mass is 16.5. The molecule has 3 rings (SSSR count). The second-order valence-corrected chi connectivity index (χ2v) is 6.88. The molecular formula is C25H24N2O4. The number of hydrogen-bond acceptors (Lipinski definition) is 4. The summed E-state index contributed by atoms with van der Waals surface area (Å²) in [4.78, 5) is 35.9. The minimum atomic E-state index is -0.447. The Morgan fingerprint density at radius 1 is 0.645 bits per heavy atom. The Hall–Kier alpha value is -3.93. The first kappa shape index (κ1) is 21.8. The maximum absolute atomic E-state index is 12.3. The molecular weight excluding hydrogens is 392 g/mol. The highest BCUT2D eigenvalue weighted by Crippen LogP contribution is 2.19. The molecule has 0 aliphatic carbocycles. The summed E-state index contributed by atoms with van der Waals surface area (Å²) >= 11 is 0. The van der Waals surface area contributed by atoms with E-state index in [1.54, 1.807) is 36.4 Å². The molecule has 2 amide bonds. The number of ether oxygens (including phenoxy) is 1. The van der Waals surface area contributed by atoms with Crippen molar-refractivity contribution in [3.8, 4) is 11.1 Å². The summed E-state index contributed by atoms with van der Waals surface area (Å²) in [7, 11) is 1.31. The number of esters is 1. The average Bonchev–Trinajstić information content (AvgIpc) is 2.83. The summed E-state index contributed by atoms with van der Waals surface area (Å²) in [6.07, 6.45) is 0.597. The minimum Gasteiger partial charge on any atom is -0.465 e. The third-order valence-corrected chi connectivity index (χ3v) is 4.75. The molecule has 0 saturated heterocycles. The van der Waals surface area contributed by atoms with Gasteiger partial charge >= 0.3 is 5.97 Å². The quantitative estimate of drug-likeness (QED) is 0.433. The first-order valence-corrected chi connectivity index (χ1v) is 9.99. The fraction of sp³-hybridized carbons (Fsp3) is 0.160. The number of nitrogens with one attached hydrogen (secondary N) is 2. The number of carbonyl (C=O) groups is 3. The first-order valence-electron chi connectivity index (χ1n) is 9.99. The summed E-state index contributed by atoms with van der Waals surface area (Å²) in [5, 5.41) is 5.65. The van der Waals surface area contributed by atoms with Crippen molar-refractivity contribution in [2.24, 2.45) is 0 Å². The van der Waals surface area contributed by atoms with Crippen molar-refractivity contribution in [3.63, 3.8) is 0 Å². The van der Waals surface area contributed by atoms with Gasteiger partial charge in [-0.15, -0.1) is 0 Å². The van der Waals surface area contributed by atoms with Crippen LogP contribution in [0, 0.1) is 0 Å². The molecule has 3 aromatic rings. The van der Waals surface area contributed by atoms with Crippen LogP contribution in [0.2, 0.25) is 0 Å². The van der Waals surface area contributed by atoms with Gasteiger partial charge in [-0.25, -0.2) is 4.79 Å². The maximum atomic E-state index is 12.3. The number of hydrogen-bond donors (Lipinski definition) is 2. The molecule has 0 heterocycles. The van der Waals surface area contributed by atoms with Gasteiger partial charge in [-0.2, -0.15) is 0 Å². The number of rotatable bonds is 8. The van der Waals surface area contributed by atoms with Gasteiger partial charge in [-0.05, 0) is 53.9 Å². The predicted octanol–water partition coefficient (Wildman–Crippen LogP) is 3.69. The van der Waals surface area contributed by atoms with Crippen LogP contribution >= 0.6 is 0 Å². The van der Waals surface area contributed by atoms with Crippen LogP contribution in [0.15, 0.2) is 78.9 Å². The van der Waals surface area contributed by atoms with Crippen LogP contribution in [0.4, 0.5) is 0 Å². The molecule has 0 unspecified atom stereocenters. The summed E-state index contributed by atoms with van der Waals surface area (Å²) in [5.41, 5.74) is 3.59. The van der Waals surface area contributed by atoms with E-state index in [-0.39, 0.29) is 11.8 Å². The van der Waals surface area contributed by atoms with Gasteiger partial charge < -0.3 is 15.4 Å². The zero-order valence-electron chi connectivity index (χ0n) is 17.3. The highest BCUT2D eigenvalue weighted by Gasteiger charge is 2.09. The summed E-state index contributed by atoms with van der Waals surface area (Å²) in [6.45, 7) is 0.867. The minimum absolute atomic E-state index is 0.149. The van der Waals surface area contributed by atoms with Crippen LogP contribution in [0.1, 0.15) is 37.5 Å². The lowest BCUT2D eigenvalue weighted by Crippen LogP contribution is -2.29.